The highest BCUT2D eigenvalue weighted by molar-refractivity contribution is 7.98. The summed E-state index contributed by atoms with van der Waals surface area (Å²) in [5.74, 6) is 0.970. The molecule has 2 heterocycles. The molecule has 1 amide bonds. The Labute approximate surface area is 158 Å². The standard InChI is InChI=1S/C17H18N4OS3/c1-10(2)16-20-21-17(25-16)19-15(22)12-4-6-14(7-5-12)24-9-13-8-23-11(3)18-13/h4-8,10H,9H2,1-3H3,(H,19,21,22). The van der Waals surface area contributed by atoms with Crippen LogP contribution in [0.1, 0.15) is 45.8 Å². The lowest BCUT2D eigenvalue weighted by Gasteiger charge is -2.03. The number of aryl methyl sites for hydroxylation is 1. The number of nitrogens with zero attached hydrogens (tertiary/aromatic N) is 3. The van der Waals surface area contributed by atoms with E-state index in [1.165, 1.54) is 11.3 Å². The van der Waals surface area contributed by atoms with Crippen LogP contribution in [-0.4, -0.2) is 21.1 Å². The second-order valence-corrected chi connectivity index (χ2v) is 8.85. The molecule has 0 saturated carbocycles. The molecule has 0 saturated heterocycles. The second-order valence-electron chi connectivity index (χ2n) is 5.73. The number of hydrogen-bond donors (Lipinski definition) is 1. The van der Waals surface area contributed by atoms with Gasteiger partial charge >= 0.3 is 0 Å². The van der Waals surface area contributed by atoms with E-state index in [-0.39, 0.29) is 5.91 Å². The smallest absolute Gasteiger partial charge is 0.257 e. The van der Waals surface area contributed by atoms with Crippen molar-refractivity contribution >= 4 is 45.5 Å². The van der Waals surface area contributed by atoms with Crippen molar-refractivity contribution in [3.63, 3.8) is 0 Å². The highest BCUT2D eigenvalue weighted by Crippen LogP contribution is 2.25. The first-order valence-corrected chi connectivity index (χ1v) is 10.5. The third kappa shape index (κ3) is 4.87. The zero-order valence-electron chi connectivity index (χ0n) is 14.1. The van der Waals surface area contributed by atoms with Crippen LogP contribution in [0.4, 0.5) is 5.13 Å². The third-order valence-electron chi connectivity index (χ3n) is 3.32. The molecule has 130 valence electrons. The highest BCUT2D eigenvalue weighted by Gasteiger charge is 2.12. The van der Waals surface area contributed by atoms with Gasteiger partial charge in [-0.15, -0.1) is 33.3 Å². The molecule has 5 nitrogen and oxygen atoms in total. The number of benzene rings is 1. The molecule has 0 fully saturated rings. The van der Waals surface area contributed by atoms with Gasteiger partial charge in [0.2, 0.25) is 5.13 Å². The van der Waals surface area contributed by atoms with Crippen molar-refractivity contribution in [2.24, 2.45) is 0 Å². The minimum Gasteiger partial charge on any atom is -0.296 e. The van der Waals surface area contributed by atoms with Crippen molar-refractivity contribution in [3.8, 4) is 0 Å². The number of amides is 1. The molecular formula is C17H18N4OS3. The molecule has 0 atom stereocenters. The number of thioether (sulfide) groups is 1. The first kappa shape index (κ1) is 18.0. The number of aromatic nitrogens is 3. The van der Waals surface area contributed by atoms with Crippen LogP contribution in [0.15, 0.2) is 34.5 Å². The Morgan fingerprint density at radius 3 is 2.60 bits per heavy atom. The number of anilines is 1. The van der Waals surface area contributed by atoms with Crippen molar-refractivity contribution in [2.45, 2.75) is 37.3 Å². The van der Waals surface area contributed by atoms with E-state index >= 15 is 0 Å². The monoisotopic (exact) mass is 390 g/mol. The average molecular weight is 391 g/mol. The topological polar surface area (TPSA) is 67.8 Å². The van der Waals surface area contributed by atoms with Crippen LogP contribution in [0.3, 0.4) is 0 Å². The minimum absolute atomic E-state index is 0.168. The molecule has 3 aromatic rings. The largest absolute Gasteiger partial charge is 0.296 e. The van der Waals surface area contributed by atoms with E-state index in [0.29, 0.717) is 16.6 Å². The van der Waals surface area contributed by atoms with Gasteiger partial charge in [-0.25, -0.2) is 4.98 Å². The summed E-state index contributed by atoms with van der Waals surface area (Å²) in [6, 6.07) is 7.57. The zero-order valence-corrected chi connectivity index (χ0v) is 16.6. The van der Waals surface area contributed by atoms with Crippen LogP contribution in [0.2, 0.25) is 0 Å². The Hall–Kier alpha value is -1.77. The quantitative estimate of drug-likeness (QED) is 0.602. The van der Waals surface area contributed by atoms with Gasteiger partial charge in [-0.3, -0.25) is 10.1 Å². The van der Waals surface area contributed by atoms with Crippen molar-refractivity contribution in [1.82, 2.24) is 15.2 Å². The van der Waals surface area contributed by atoms with Crippen molar-refractivity contribution in [2.75, 3.05) is 5.32 Å². The molecular weight excluding hydrogens is 372 g/mol. The summed E-state index contributed by atoms with van der Waals surface area (Å²) in [7, 11) is 0. The summed E-state index contributed by atoms with van der Waals surface area (Å²) in [5.41, 5.74) is 1.70. The lowest BCUT2D eigenvalue weighted by Crippen LogP contribution is -2.11. The number of hydrogen-bond acceptors (Lipinski definition) is 7. The molecule has 1 N–H and O–H groups in total. The summed E-state index contributed by atoms with van der Waals surface area (Å²) < 4.78 is 0. The number of thiazole rings is 1. The summed E-state index contributed by atoms with van der Waals surface area (Å²) in [6.07, 6.45) is 0. The van der Waals surface area contributed by atoms with Crippen LogP contribution >= 0.6 is 34.4 Å². The Kier molecular flexibility index (Phi) is 5.82. The van der Waals surface area contributed by atoms with Crippen LogP contribution in [0.25, 0.3) is 0 Å². The van der Waals surface area contributed by atoms with Gasteiger partial charge in [0.25, 0.3) is 5.91 Å². The van der Waals surface area contributed by atoms with Gasteiger partial charge in [0.05, 0.1) is 10.7 Å². The van der Waals surface area contributed by atoms with Gasteiger partial charge in [-0.05, 0) is 31.2 Å². The Bertz CT molecular complexity index is 855. The molecule has 0 spiro atoms. The molecule has 0 aliphatic heterocycles. The summed E-state index contributed by atoms with van der Waals surface area (Å²) in [6.45, 7) is 6.11. The number of carbonyl (C=O) groups excluding carboxylic acids is 1. The maximum atomic E-state index is 12.3. The summed E-state index contributed by atoms with van der Waals surface area (Å²) in [5, 5.41) is 15.5. The van der Waals surface area contributed by atoms with E-state index in [2.05, 4.69) is 39.7 Å². The third-order valence-corrected chi connectivity index (χ3v) is 6.33. The minimum atomic E-state index is -0.168. The molecule has 8 heteroatoms. The van der Waals surface area contributed by atoms with E-state index in [1.54, 1.807) is 23.1 Å². The summed E-state index contributed by atoms with van der Waals surface area (Å²) >= 11 is 4.78. The average Bonchev–Trinajstić information content (AvgIpc) is 3.22. The molecule has 0 radical (unpaired) electrons. The fourth-order valence-electron chi connectivity index (χ4n) is 2.02. The fourth-order valence-corrected chi connectivity index (χ4v) is 4.27. The SMILES string of the molecule is Cc1nc(CSc2ccc(C(=O)Nc3nnc(C(C)C)s3)cc2)cs1. The van der Waals surface area contributed by atoms with Gasteiger partial charge in [0, 0.05) is 27.5 Å². The van der Waals surface area contributed by atoms with Crippen LogP contribution < -0.4 is 5.32 Å². The van der Waals surface area contributed by atoms with Gasteiger partial charge in [-0.2, -0.15) is 0 Å². The van der Waals surface area contributed by atoms with E-state index in [0.717, 1.165) is 26.4 Å². The molecule has 2 aromatic heterocycles. The normalized spacial score (nSPS) is 11.0. The van der Waals surface area contributed by atoms with Gasteiger partial charge < -0.3 is 0 Å². The fraction of sp³-hybridized carbons (Fsp3) is 0.294. The number of nitrogens with one attached hydrogen (secondary N) is 1. The highest BCUT2D eigenvalue weighted by atomic mass is 32.2. The Balaban J connectivity index is 1.58. The van der Waals surface area contributed by atoms with Crippen molar-refractivity contribution in [1.29, 1.82) is 0 Å². The molecule has 0 bridgehead atoms. The van der Waals surface area contributed by atoms with Crippen LogP contribution in [0.5, 0.6) is 0 Å². The molecule has 1 aromatic carbocycles. The summed E-state index contributed by atoms with van der Waals surface area (Å²) in [4.78, 5) is 17.9. The zero-order chi connectivity index (χ0) is 17.8. The van der Waals surface area contributed by atoms with Crippen molar-refractivity contribution < 1.29 is 4.79 Å². The number of rotatable bonds is 6. The molecule has 0 aliphatic rings. The molecule has 25 heavy (non-hydrogen) atoms. The first-order valence-electron chi connectivity index (χ1n) is 7.80. The van der Waals surface area contributed by atoms with E-state index in [1.807, 2.05) is 31.2 Å². The predicted molar refractivity (Wildman–Crippen MR) is 105 cm³/mol. The lowest BCUT2D eigenvalue weighted by molar-refractivity contribution is 0.102. The van der Waals surface area contributed by atoms with Gasteiger partial charge in [0.1, 0.15) is 5.01 Å². The molecule has 3 rings (SSSR count). The van der Waals surface area contributed by atoms with E-state index in [4.69, 9.17) is 0 Å². The van der Waals surface area contributed by atoms with Crippen LogP contribution in [-0.2, 0) is 5.75 Å². The maximum absolute atomic E-state index is 12.3. The van der Waals surface area contributed by atoms with Gasteiger partial charge in [0.15, 0.2) is 0 Å². The van der Waals surface area contributed by atoms with E-state index < -0.39 is 0 Å². The predicted octanol–water partition coefficient (Wildman–Crippen LogP) is 4.97. The lowest BCUT2D eigenvalue weighted by atomic mass is 10.2. The Morgan fingerprint density at radius 2 is 2.00 bits per heavy atom. The maximum Gasteiger partial charge on any atom is 0.257 e. The second kappa shape index (κ2) is 8.07. The Morgan fingerprint density at radius 1 is 1.24 bits per heavy atom. The van der Waals surface area contributed by atoms with E-state index in [9.17, 15) is 4.79 Å². The number of carbonyl (C=O) groups is 1. The van der Waals surface area contributed by atoms with Gasteiger partial charge in [-0.1, -0.05) is 25.2 Å². The first-order chi connectivity index (χ1) is 12.0. The van der Waals surface area contributed by atoms with Crippen molar-refractivity contribution in [3.05, 3.63) is 50.9 Å². The molecule has 0 unspecified atom stereocenters. The molecule has 0 aliphatic carbocycles. The van der Waals surface area contributed by atoms with Crippen LogP contribution in [0, 0.1) is 6.92 Å².